The molecule has 0 aromatic carbocycles. The first-order chi connectivity index (χ1) is 9.29. The Balaban J connectivity index is 1.71. The maximum Gasteiger partial charge on any atom is 0.253 e. The number of amides is 1. The molecule has 0 aliphatic carbocycles. The van der Waals surface area contributed by atoms with Gasteiger partial charge in [0.25, 0.3) is 5.91 Å². The average Bonchev–Trinajstić information content (AvgIpc) is 2.47. The Labute approximate surface area is 113 Å². The summed E-state index contributed by atoms with van der Waals surface area (Å²) in [4.78, 5) is 20.2. The van der Waals surface area contributed by atoms with Crippen LogP contribution in [0.3, 0.4) is 0 Å². The first kappa shape index (κ1) is 13.9. The van der Waals surface area contributed by atoms with Gasteiger partial charge in [0.15, 0.2) is 0 Å². The number of nitrogens with one attached hydrogen (secondary N) is 1. The number of β-amino-alcohol motifs (C(OH)–C–C–N with tert-alkyl or cyclic N) is 1. The van der Waals surface area contributed by atoms with Gasteiger partial charge in [-0.1, -0.05) is 0 Å². The van der Waals surface area contributed by atoms with Crippen LogP contribution in [0.5, 0.6) is 0 Å². The van der Waals surface area contributed by atoms with Crippen LogP contribution in [-0.4, -0.2) is 71.8 Å². The Morgan fingerprint density at radius 3 is 2.68 bits per heavy atom. The molecule has 1 saturated heterocycles. The molecule has 0 unspecified atom stereocenters. The molecule has 0 atom stereocenters. The number of rotatable bonds is 5. The van der Waals surface area contributed by atoms with Gasteiger partial charge in [0.1, 0.15) is 0 Å². The van der Waals surface area contributed by atoms with Crippen molar-refractivity contribution in [2.45, 2.75) is 0 Å². The molecule has 1 aliphatic rings. The van der Waals surface area contributed by atoms with Crippen molar-refractivity contribution in [2.24, 2.45) is 0 Å². The van der Waals surface area contributed by atoms with Gasteiger partial charge in [-0.2, -0.15) is 0 Å². The van der Waals surface area contributed by atoms with E-state index >= 15 is 0 Å². The van der Waals surface area contributed by atoms with Gasteiger partial charge in [-0.15, -0.1) is 0 Å². The summed E-state index contributed by atoms with van der Waals surface area (Å²) in [6.07, 6.45) is 3.21. The second kappa shape index (κ2) is 7.18. The standard InChI is InChI=1S/C13H20N4O2/c18-9-8-16-4-6-17(7-5-16)11-15-13(19)12-2-1-3-14-10-12/h1-3,10,18H,4-9,11H2,(H,15,19). The summed E-state index contributed by atoms with van der Waals surface area (Å²) in [7, 11) is 0. The van der Waals surface area contributed by atoms with Crippen LogP contribution in [0.15, 0.2) is 24.5 Å². The minimum Gasteiger partial charge on any atom is -0.395 e. The predicted molar refractivity (Wildman–Crippen MR) is 71.7 cm³/mol. The molecule has 0 saturated carbocycles. The number of hydrogen-bond donors (Lipinski definition) is 2. The second-order valence-electron chi connectivity index (χ2n) is 4.59. The molecule has 104 valence electrons. The first-order valence-electron chi connectivity index (χ1n) is 6.53. The molecule has 2 N–H and O–H groups in total. The van der Waals surface area contributed by atoms with Crippen LogP contribution in [0.1, 0.15) is 10.4 Å². The molecule has 1 aromatic heterocycles. The Bertz CT molecular complexity index is 391. The van der Waals surface area contributed by atoms with Crippen LogP contribution in [0.4, 0.5) is 0 Å². The van der Waals surface area contributed by atoms with E-state index in [2.05, 4.69) is 20.1 Å². The van der Waals surface area contributed by atoms with Crippen molar-refractivity contribution in [3.05, 3.63) is 30.1 Å². The molecular weight excluding hydrogens is 244 g/mol. The summed E-state index contributed by atoms with van der Waals surface area (Å²) in [5, 5.41) is 11.8. The molecule has 1 aromatic rings. The van der Waals surface area contributed by atoms with Crippen molar-refractivity contribution in [1.29, 1.82) is 0 Å². The van der Waals surface area contributed by atoms with Gasteiger partial charge in [0.2, 0.25) is 0 Å². The van der Waals surface area contributed by atoms with E-state index in [4.69, 9.17) is 5.11 Å². The second-order valence-corrected chi connectivity index (χ2v) is 4.59. The SMILES string of the molecule is O=C(NCN1CCN(CCO)CC1)c1cccnc1. The monoisotopic (exact) mass is 264 g/mol. The van der Waals surface area contributed by atoms with Crippen LogP contribution in [0, 0.1) is 0 Å². The number of hydrogen-bond acceptors (Lipinski definition) is 5. The van der Waals surface area contributed by atoms with E-state index in [9.17, 15) is 4.79 Å². The molecule has 19 heavy (non-hydrogen) atoms. The maximum absolute atomic E-state index is 11.8. The number of piperazine rings is 1. The number of carbonyl (C=O) groups excluding carboxylic acids is 1. The van der Waals surface area contributed by atoms with Gasteiger partial charge >= 0.3 is 0 Å². The molecule has 0 bridgehead atoms. The fourth-order valence-electron chi connectivity index (χ4n) is 2.10. The number of aliphatic hydroxyl groups is 1. The third kappa shape index (κ3) is 4.27. The third-order valence-electron chi connectivity index (χ3n) is 3.27. The van der Waals surface area contributed by atoms with Crippen molar-refractivity contribution >= 4 is 5.91 Å². The van der Waals surface area contributed by atoms with Crippen LogP contribution < -0.4 is 5.32 Å². The molecule has 2 heterocycles. The zero-order valence-corrected chi connectivity index (χ0v) is 11.0. The minimum absolute atomic E-state index is 0.0918. The van der Waals surface area contributed by atoms with E-state index in [0.717, 1.165) is 32.7 Å². The summed E-state index contributed by atoms with van der Waals surface area (Å²) >= 11 is 0. The highest BCUT2D eigenvalue weighted by molar-refractivity contribution is 5.93. The first-order valence-corrected chi connectivity index (χ1v) is 6.53. The summed E-state index contributed by atoms with van der Waals surface area (Å²) in [6.45, 7) is 5.18. The van der Waals surface area contributed by atoms with Gasteiger partial charge in [0.05, 0.1) is 18.8 Å². The van der Waals surface area contributed by atoms with Crippen molar-refractivity contribution in [1.82, 2.24) is 20.1 Å². The maximum atomic E-state index is 11.8. The molecule has 6 nitrogen and oxygen atoms in total. The van der Waals surface area contributed by atoms with Crippen molar-refractivity contribution in [3.8, 4) is 0 Å². The van der Waals surface area contributed by atoms with Gasteiger partial charge in [-0.25, -0.2) is 0 Å². The summed E-state index contributed by atoms with van der Waals surface area (Å²) in [5.74, 6) is -0.0918. The molecule has 2 rings (SSSR count). The largest absolute Gasteiger partial charge is 0.395 e. The van der Waals surface area contributed by atoms with Crippen molar-refractivity contribution in [3.63, 3.8) is 0 Å². The number of aromatic nitrogens is 1. The molecule has 6 heteroatoms. The van der Waals surface area contributed by atoms with Gasteiger partial charge in [-0.05, 0) is 12.1 Å². The Kier molecular flexibility index (Phi) is 5.26. The number of pyridine rings is 1. The molecule has 0 radical (unpaired) electrons. The summed E-state index contributed by atoms with van der Waals surface area (Å²) < 4.78 is 0. The van der Waals surface area contributed by atoms with Crippen LogP contribution in [0.2, 0.25) is 0 Å². The number of nitrogens with zero attached hydrogens (tertiary/aromatic N) is 3. The summed E-state index contributed by atoms with van der Waals surface area (Å²) in [5.41, 5.74) is 0.585. The lowest BCUT2D eigenvalue weighted by atomic mass is 10.3. The number of carbonyl (C=O) groups is 1. The predicted octanol–water partition coefficient (Wildman–Crippen LogP) is -0.621. The van der Waals surface area contributed by atoms with E-state index in [0.29, 0.717) is 12.2 Å². The number of aliphatic hydroxyl groups excluding tert-OH is 1. The lowest BCUT2D eigenvalue weighted by molar-refractivity contribution is 0.0847. The fraction of sp³-hybridized carbons (Fsp3) is 0.538. The Morgan fingerprint density at radius 2 is 2.05 bits per heavy atom. The molecule has 0 spiro atoms. The lowest BCUT2D eigenvalue weighted by Gasteiger charge is -2.34. The average molecular weight is 264 g/mol. The highest BCUT2D eigenvalue weighted by Gasteiger charge is 2.16. The zero-order valence-electron chi connectivity index (χ0n) is 11.0. The van der Waals surface area contributed by atoms with E-state index < -0.39 is 0 Å². The molecule has 1 fully saturated rings. The van der Waals surface area contributed by atoms with Crippen LogP contribution in [0.25, 0.3) is 0 Å². The van der Waals surface area contributed by atoms with Gasteiger partial charge in [-0.3, -0.25) is 19.6 Å². The fourth-order valence-corrected chi connectivity index (χ4v) is 2.10. The van der Waals surface area contributed by atoms with Gasteiger partial charge in [0, 0.05) is 45.1 Å². The molecular formula is C13H20N4O2. The van der Waals surface area contributed by atoms with Crippen LogP contribution >= 0.6 is 0 Å². The van der Waals surface area contributed by atoms with E-state index in [1.54, 1.807) is 24.5 Å². The lowest BCUT2D eigenvalue weighted by Crippen LogP contribution is -2.50. The third-order valence-corrected chi connectivity index (χ3v) is 3.27. The zero-order chi connectivity index (χ0) is 13.5. The highest BCUT2D eigenvalue weighted by atomic mass is 16.3. The van der Waals surface area contributed by atoms with E-state index in [1.807, 2.05) is 0 Å². The Hall–Kier alpha value is -1.50. The Morgan fingerprint density at radius 1 is 1.32 bits per heavy atom. The van der Waals surface area contributed by atoms with Crippen molar-refractivity contribution < 1.29 is 9.90 Å². The minimum atomic E-state index is -0.0918. The molecule has 1 aliphatic heterocycles. The smallest absolute Gasteiger partial charge is 0.253 e. The highest BCUT2D eigenvalue weighted by Crippen LogP contribution is 2.00. The quantitative estimate of drug-likeness (QED) is 0.742. The topological polar surface area (TPSA) is 68.7 Å². The summed E-state index contributed by atoms with van der Waals surface area (Å²) in [6, 6.07) is 3.50. The van der Waals surface area contributed by atoms with E-state index in [-0.39, 0.29) is 12.5 Å². The normalized spacial score (nSPS) is 17.3. The van der Waals surface area contributed by atoms with Crippen molar-refractivity contribution in [2.75, 3.05) is 46.0 Å². The van der Waals surface area contributed by atoms with E-state index in [1.165, 1.54) is 0 Å². The molecule has 1 amide bonds. The van der Waals surface area contributed by atoms with Gasteiger partial charge < -0.3 is 10.4 Å². The van der Waals surface area contributed by atoms with Crippen LogP contribution in [-0.2, 0) is 0 Å².